The third kappa shape index (κ3) is 2.53. The summed E-state index contributed by atoms with van der Waals surface area (Å²) in [6.07, 6.45) is -3.50. The Morgan fingerprint density at radius 1 is 1.19 bits per heavy atom. The second-order valence-electron chi connectivity index (χ2n) is 7.68. The average Bonchev–Trinajstić information content (AvgIpc) is 3.22. The van der Waals surface area contributed by atoms with Crippen LogP contribution in [-0.4, -0.2) is 26.2 Å². The summed E-state index contributed by atoms with van der Waals surface area (Å²) in [6, 6.07) is 5.41. The molecular weight excluding hydrogens is 375 g/mol. The molecule has 27 heavy (non-hydrogen) atoms. The maximum Gasteiger partial charge on any atom is 0.416 e. The van der Waals surface area contributed by atoms with Crippen LogP contribution in [0.1, 0.15) is 22.6 Å². The summed E-state index contributed by atoms with van der Waals surface area (Å²) in [5.41, 5.74) is 10.7. The summed E-state index contributed by atoms with van der Waals surface area (Å²) < 4.78 is 39.9. The fraction of sp³-hybridized carbons (Fsp3) is 0.400. The molecule has 0 bridgehead atoms. The van der Waals surface area contributed by atoms with Gasteiger partial charge in [-0.2, -0.15) is 13.2 Å². The number of benzene rings is 2. The molecule has 5 rings (SSSR count). The van der Waals surface area contributed by atoms with Crippen LogP contribution in [0, 0.1) is 5.92 Å². The van der Waals surface area contributed by atoms with Crippen LogP contribution in [0.4, 0.5) is 24.5 Å². The van der Waals surface area contributed by atoms with Crippen molar-refractivity contribution in [3.8, 4) is 11.1 Å². The fourth-order valence-corrected chi connectivity index (χ4v) is 5.20. The van der Waals surface area contributed by atoms with Gasteiger partial charge in [0.1, 0.15) is 0 Å². The van der Waals surface area contributed by atoms with Crippen molar-refractivity contribution < 1.29 is 13.2 Å². The van der Waals surface area contributed by atoms with Crippen molar-refractivity contribution in [1.82, 2.24) is 5.32 Å². The molecule has 0 aromatic heterocycles. The Balaban J connectivity index is 1.79. The van der Waals surface area contributed by atoms with Crippen molar-refractivity contribution in [3.63, 3.8) is 0 Å². The molecular formula is C20H19ClF3N3. The van der Waals surface area contributed by atoms with Crippen molar-refractivity contribution in [2.45, 2.75) is 18.5 Å². The molecule has 0 spiro atoms. The number of nitrogens with one attached hydrogen (secondary N) is 1. The van der Waals surface area contributed by atoms with Gasteiger partial charge in [0.25, 0.3) is 0 Å². The third-order valence-corrected chi connectivity index (χ3v) is 6.47. The van der Waals surface area contributed by atoms with E-state index in [4.69, 9.17) is 17.3 Å². The van der Waals surface area contributed by atoms with E-state index in [0.717, 1.165) is 56.0 Å². The number of halogens is 4. The van der Waals surface area contributed by atoms with E-state index < -0.39 is 11.7 Å². The minimum atomic E-state index is -4.43. The van der Waals surface area contributed by atoms with E-state index in [-0.39, 0.29) is 5.92 Å². The van der Waals surface area contributed by atoms with Gasteiger partial charge in [-0.3, -0.25) is 0 Å². The van der Waals surface area contributed by atoms with Gasteiger partial charge in [0.15, 0.2) is 0 Å². The van der Waals surface area contributed by atoms with E-state index >= 15 is 0 Å². The zero-order valence-electron chi connectivity index (χ0n) is 14.5. The van der Waals surface area contributed by atoms with Crippen LogP contribution in [0.25, 0.3) is 11.1 Å². The number of anilines is 2. The topological polar surface area (TPSA) is 41.3 Å². The van der Waals surface area contributed by atoms with Crippen molar-refractivity contribution in [1.29, 1.82) is 0 Å². The summed E-state index contributed by atoms with van der Waals surface area (Å²) in [5, 5.41) is 3.73. The summed E-state index contributed by atoms with van der Waals surface area (Å²) >= 11 is 6.38. The van der Waals surface area contributed by atoms with E-state index in [1.54, 1.807) is 0 Å². The Hall–Kier alpha value is -1.92. The summed E-state index contributed by atoms with van der Waals surface area (Å²) in [6.45, 7) is 3.65. The lowest BCUT2D eigenvalue weighted by Gasteiger charge is -2.37. The number of rotatable bonds is 1. The van der Waals surface area contributed by atoms with Crippen LogP contribution in [0.5, 0.6) is 0 Å². The van der Waals surface area contributed by atoms with E-state index in [0.29, 0.717) is 27.8 Å². The molecule has 0 aliphatic carbocycles. The largest absolute Gasteiger partial charge is 0.416 e. The predicted molar refractivity (Wildman–Crippen MR) is 101 cm³/mol. The smallest absolute Gasteiger partial charge is 0.398 e. The first-order valence-corrected chi connectivity index (χ1v) is 9.50. The second kappa shape index (κ2) is 5.79. The monoisotopic (exact) mass is 393 g/mol. The Morgan fingerprint density at radius 3 is 2.78 bits per heavy atom. The van der Waals surface area contributed by atoms with Crippen molar-refractivity contribution >= 4 is 23.0 Å². The number of nitrogen functional groups attached to an aromatic ring is 1. The number of fused-ring (bicyclic) bond motifs is 2. The van der Waals surface area contributed by atoms with Gasteiger partial charge < -0.3 is 16.0 Å². The Kier molecular flexibility index (Phi) is 3.69. The van der Waals surface area contributed by atoms with Crippen LogP contribution in [0.15, 0.2) is 24.3 Å². The van der Waals surface area contributed by atoms with Crippen LogP contribution in [0.3, 0.4) is 0 Å². The summed E-state index contributed by atoms with van der Waals surface area (Å²) in [7, 11) is 0. The van der Waals surface area contributed by atoms with Crippen LogP contribution < -0.4 is 16.0 Å². The first kappa shape index (κ1) is 17.2. The highest BCUT2D eigenvalue weighted by atomic mass is 35.5. The van der Waals surface area contributed by atoms with E-state index in [1.165, 1.54) is 11.6 Å². The highest BCUT2D eigenvalue weighted by Gasteiger charge is 2.42. The van der Waals surface area contributed by atoms with E-state index in [1.807, 2.05) is 6.07 Å². The lowest BCUT2D eigenvalue weighted by atomic mass is 9.78. The highest BCUT2D eigenvalue weighted by Crippen LogP contribution is 2.52. The number of nitrogens with two attached hydrogens (primary N) is 1. The molecule has 3 aliphatic heterocycles. The quantitative estimate of drug-likeness (QED) is 0.710. The molecule has 1 saturated heterocycles. The maximum absolute atomic E-state index is 13.3. The fourth-order valence-electron chi connectivity index (χ4n) is 4.99. The van der Waals surface area contributed by atoms with Crippen molar-refractivity contribution in [2.75, 3.05) is 36.8 Å². The summed E-state index contributed by atoms with van der Waals surface area (Å²) in [5.74, 6) is 0.686. The normalized spacial score (nSPS) is 23.5. The molecule has 2 atom stereocenters. The molecule has 3 aliphatic rings. The number of nitrogens with zero attached hydrogens (tertiary/aromatic N) is 1. The number of alkyl halides is 3. The maximum atomic E-state index is 13.3. The van der Waals surface area contributed by atoms with Gasteiger partial charge in [-0.15, -0.1) is 0 Å². The molecule has 2 aromatic rings. The lowest BCUT2D eigenvalue weighted by Crippen LogP contribution is -2.36. The molecule has 0 saturated carbocycles. The molecule has 1 fully saturated rings. The van der Waals surface area contributed by atoms with Gasteiger partial charge in [0.2, 0.25) is 0 Å². The first-order chi connectivity index (χ1) is 12.8. The SMILES string of the molecule is Nc1cc2c3c(c1-c1cc(C(F)(F)F)ccc1Cl)C1CNCC1CN3CC2. The summed E-state index contributed by atoms with van der Waals surface area (Å²) in [4.78, 5) is 2.36. The van der Waals surface area contributed by atoms with Crippen molar-refractivity contribution in [3.05, 3.63) is 46.0 Å². The molecule has 2 unspecified atom stereocenters. The van der Waals surface area contributed by atoms with Crippen LogP contribution in [0.2, 0.25) is 5.02 Å². The van der Waals surface area contributed by atoms with Gasteiger partial charge in [0.05, 0.1) is 5.56 Å². The molecule has 142 valence electrons. The van der Waals surface area contributed by atoms with Gasteiger partial charge in [-0.05, 0) is 47.7 Å². The predicted octanol–water partition coefficient (Wildman–Crippen LogP) is 4.29. The molecule has 3 N–H and O–H groups in total. The van der Waals surface area contributed by atoms with E-state index in [2.05, 4.69) is 10.2 Å². The first-order valence-electron chi connectivity index (χ1n) is 9.12. The molecule has 3 nitrogen and oxygen atoms in total. The van der Waals surface area contributed by atoms with E-state index in [9.17, 15) is 13.2 Å². The Morgan fingerprint density at radius 2 is 2.00 bits per heavy atom. The lowest BCUT2D eigenvalue weighted by molar-refractivity contribution is -0.137. The standard InChI is InChI=1S/C20H19ClF3N3/c21-15-2-1-12(20(22,23)24)6-13(15)17-16(25)5-10-3-4-27-9-11-7-26-8-14(11)18(17)19(10)27/h1-2,5-6,11,14,26H,3-4,7-9,25H2. The molecule has 0 radical (unpaired) electrons. The van der Waals surface area contributed by atoms with Gasteiger partial charge in [-0.1, -0.05) is 11.6 Å². The molecule has 7 heteroatoms. The number of hydrogen-bond acceptors (Lipinski definition) is 3. The molecule has 0 amide bonds. The molecule has 3 heterocycles. The van der Waals surface area contributed by atoms with Gasteiger partial charge in [-0.25, -0.2) is 0 Å². The number of hydrogen-bond donors (Lipinski definition) is 2. The molecule has 2 aromatic carbocycles. The third-order valence-electron chi connectivity index (χ3n) is 6.14. The second-order valence-corrected chi connectivity index (χ2v) is 8.08. The average molecular weight is 394 g/mol. The zero-order chi connectivity index (χ0) is 18.9. The van der Waals surface area contributed by atoms with Gasteiger partial charge >= 0.3 is 6.18 Å². The van der Waals surface area contributed by atoms with Crippen LogP contribution in [-0.2, 0) is 12.6 Å². The highest BCUT2D eigenvalue weighted by molar-refractivity contribution is 6.33. The minimum Gasteiger partial charge on any atom is -0.398 e. The zero-order valence-corrected chi connectivity index (χ0v) is 15.3. The van der Waals surface area contributed by atoms with Gasteiger partial charge in [0, 0.05) is 59.6 Å². The Bertz CT molecular complexity index is 941. The van der Waals surface area contributed by atoms with Crippen molar-refractivity contribution in [2.24, 2.45) is 5.92 Å². The minimum absolute atomic E-state index is 0.247. The van der Waals surface area contributed by atoms with Crippen LogP contribution >= 0.6 is 11.6 Å². The Labute approximate surface area is 160 Å².